The average molecular weight is 276 g/mol. The third-order valence-corrected chi connectivity index (χ3v) is 4.90. The zero-order chi connectivity index (χ0) is 13.7. The third-order valence-electron chi connectivity index (χ3n) is 4.35. The molecule has 0 radical (unpaired) electrons. The highest BCUT2D eigenvalue weighted by atomic mass is 32.1. The Bertz CT molecular complexity index is 512. The number of allylic oxidation sites excluding steroid dienone is 3. The molecule has 100 valence electrons. The van der Waals surface area contributed by atoms with Gasteiger partial charge < -0.3 is 0 Å². The summed E-state index contributed by atoms with van der Waals surface area (Å²) >= 11 is 5.07. The number of likely N-dealkylation sites (N-methyl/N-ethyl adjacent to an activating group) is 2. The molecular weight excluding hydrogens is 260 g/mol. The Hall–Kier alpha value is -1.49. The highest BCUT2D eigenvalue weighted by molar-refractivity contribution is 7.80. The molecule has 1 saturated carbocycles. The molecule has 3 unspecified atom stereocenters. The molecule has 2 amide bonds. The normalized spacial score (nSPS) is 33.7. The molecule has 4 nitrogen and oxygen atoms in total. The lowest BCUT2D eigenvalue weighted by atomic mass is 9.90. The minimum absolute atomic E-state index is 0.264. The molecule has 3 atom stereocenters. The first kappa shape index (κ1) is 12.5. The van der Waals surface area contributed by atoms with Gasteiger partial charge in [0.1, 0.15) is 5.57 Å². The molecular formula is C14H16N2O2S. The van der Waals surface area contributed by atoms with E-state index in [-0.39, 0.29) is 22.5 Å². The molecule has 0 N–H and O–H groups in total. The second kappa shape index (κ2) is 4.27. The van der Waals surface area contributed by atoms with E-state index in [9.17, 15) is 9.59 Å². The predicted molar refractivity (Wildman–Crippen MR) is 75.1 cm³/mol. The van der Waals surface area contributed by atoms with Crippen LogP contribution in [0, 0.1) is 17.8 Å². The van der Waals surface area contributed by atoms with Crippen LogP contribution in [0.4, 0.5) is 0 Å². The molecule has 1 heterocycles. The van der Waals surface area contributed by atoms with Gasteiger partial charge in [-0.3, -0.25) is 19.4 Å². The molecule has 3 rings (SSSR count). The summed E-state index contributed by atoms with van der Waals surface area (Å²) in [6.07, 6.45) is 8.53. The molecule has 0 aromatic rings. The largest absolute Gasteiger partial charge is 0.288 e. The third kappa shape index (κ3) is 1.84. The second-order valence-corrected chi connectivity index (χ2v) is 5.90. The molecule has 2 aliphatic carbocycles. The molecule has 1 aliphatic heterocycles. The Labute approximate surface area is 117 Å². The van der Waals surface area contributed by atoms with Crippen molar-refractivity contribution in [2.45, 2.75) is 12.8 Å². The lowest BCUT2D eigenvalue weighted by Gasteiger charge is -2.32. The Morgan fingerprint density at radius 1 is 1.16 bits per heavy atom. The number of rotatable bonds is 1. The number of amides is 2. The summed E-state index contributed by atoms with van der Waals surface area (Å²) < 4.78 is 0. The summed E-state index contributed by atoms with van der Waals surface area (Å²) in [5.74, 6) is 0.867. The molecule has 2 bridgehead atoms. The fourth-order valence-corrected chi connectivity index (χ4v) is 3.39. The van der Waals surface area contributed by atoms with Crippen molar-refractivity contribution in [1.29, 1.82) is 0 Å². The van der Waals surface area contributed by atoms with Gasteiger partial charge in [-0.05, 0) is 42.8 Å². The Morgan fingerprint density at radius 3 is 2.26 bits per heavy atom. The van der Waals surface area contributed by atoms with Crippen LogP contribution in [0.2, 0.25) is 0 Å². The summed E-state index contributed by atoms with van der Waals surface area (Å²) in [6, 6.07) is 0. The van der Waals surface area contributed by atoms with Gasteiger partial charge in [-0.25, -0.2) is 0 Å². The van der Waals surface area contributed by atoms with E-state index in [4.69, 9.17) is 12.2 Å². The van der Waals surface area contributed by atoms with Crippen molar-refractivity contribution in [2.24, 2.45) is 17.8 Å². The maximum atomic E-state index is 12.2. The molecule has 5 heteroatoms. The van der Waals surface area contributed by atoms with Crippen molar-refractivity contribution in [2.75, 3.05) is 14.1 Å². The standard InChI is InChI=1S/C14H16N2O2S/c1-15-12(17)11(13(18)16(2)14(15)19)7-10-6-8-3-4-9(10)5-8/h3-4,7-10H,5-6H2,1-2H3. The molecule has 0 spiro atoms. The van der Waals surface area contributed by atoms with Gasteiger partial charge in [-0.15, -0.1) is 0 Å². The van der Waals surface area contributed by atoms with E-state index >= 15 is 0 Å². The summed E-state index contributed by atoms with van der Waals surface area (Å²) in [6.45, 7) is 0. The Balaban J connectivity index is 1.90. The Kier molecular flexibility index (Phi) is 2.82. The number of fused-ring (bicyclic) bond motifs is 2. The summed E-state index contributed by atoms with van der Waals surface area (Å²) in [7, 11) is 3.23. The van der Waals surface area contributed by atoms with Gasteiger partial charge in [-0.2, -0.15) is 0 Å². The fraction of sp³-hybridized carbons (Fsp3) is 0.500. The first-order valence-electron chi connectivity index (χ1n) is 6.49. The quantitative estimate of drug-likeness (QED) is 0.314. The van der Waals surface area contributed by atoms with Crippen LogP contribution >= 0.6 is 12.2 Å². The van der Waals surface area contributed by atoms with Crippen LogP contribution in [-0.4, -0.2) is 40.8 Å². The van der Waals surface area contributed by atoms with Gasteiger partial charge in [0.15, 0.2) is 5.11 Å². The van der Waals surface area contributed by atoms with E-state index in [1.807, 2.05) is 6.08 Å². The molecule has 2 fully saturated rings. The first-order valence-corrected chi connectivity index (χ1v) is 6.90. The maximum Gasteiger partial charge on any atom is 0.265 e. The van der Waals surface area contributed by atoms with Crippen molar-refractivity contribution in [3.05, 3.63) is 23.8 Å². The van der Waals surface area contributed by atoms with Crippen molar-refractivity contribution < 1.29 is 9.59 Å². The molecule has 0 aromatic heterocycles. The fourth-order valence-electron chi connectivity index (χ4n) is 3.22. The number of hydrogen-bond acceptors (Lipinski definition) is 3. The van der Waals surface area contributed by atoms with E-state index in [2.05, 4.69) is 12.2 Å². The van der Waals surface area contributed by atoms with Crippen molar-refractivity contribution in [1.82, 2.24) is 9.80 Å². The summed E-state index contributed by atoms with van der Waals surface area (Å²) in [5, 5.41) is 0.264. The monoisotopic (exact) mass is 276 g/mol. The maximum absolute atomic E-state index is 12.2. The second-order valence-electron chi connectivity index (χ2n) is 5.54. The average Bonchev–Trinajstić information content (AvgIpc) is 3.01. The van der Waals surface area contributed by atoms with Gasteiger partial charge in [0, 0.05) is 14.1 Å². The molecule has 3 aliphatic rings. The minimum Gasteiger partial charge on any atom is -0.288 e. The van der Waals surface area contributed by atoms with Crippen LogP contribution in [0.5, 0.6) is 0 Å². The van der Waals surface area contributed by atoms with Crippen LogP contribution in [0.1, 0.15) is 12.8 Å². The molecule has 19 heavy (non-hydrogen) atoms. The number of carbonyl (C=O) groups is 2. The number of nitrogens with zero attached hydrogens (tertiary/aromatic N) is 2. The highest BCUT2D eigenvalue weighted by Gasteiger charge is 2.39. The van der Waals surface area contributed by atoms with Gasteiger partial charge in [-0.1, -0.05) is 18.2 Å². The lowest BCUT2D eigenvalue weighted by molar-refractivity contribution is -0.132. The zero-order valence-electron chi connectivity index (χ0n) is 11.0. The van der Waals surface area contributed by atoms with Gasteiger partial charge in [0.2, 0.25) is 0 Å². The van der Waals surface area contributed by atoms with Gasteiger partial charge in [0.05, 0.1) is 0 Å². The van der Waals surface area contributed by atoms with E-state index in [0.29, 0.717) is 17.8 Å². The van der Waals surface area contributed by atoms with Crippen molar-refractivity contribution in [3.8, 4) is 0 Å². The minimum atomic E-state index is -0.278. The molecule has 1 saturated heterocycles. The van der Waals surface area contributed by atoms with Crippen molar-refractivity contribution >= 4 is 29.1 Å². The summed E-state index contributed by atoms with van der Waals surface area (Å²) in [4.78, 5) is 27.1. The van der Waals surface area contributed by atoms with Crippen LogP contribution in [0.3, 0.4) is 0 Å². The van der Waals surface area contributed by atoms with E-state index in [1.165, 1.54) is 9.80 Å². The van der Waals surface area contributed by atoms with Crippen LogP contribution in [0.15, 0.2) is 23.8 Å². The van der Waals surface area contributed by atoms with Crippen LogP contribution in [-0.2, 0) is 9.59 Å². The predicted octanol–water partition coefficient (Wildman–Crippen LogP) is 1.34. The lowest BCUT2D eigenvalue weighted by Crippen LogP contribution is -2.53. The smallest absolute Gasteiger partial charge is 0.265 e. The van der Waals surface area contributed by atoms with Crippen LogP contribution < -0.4 is 0 Å². The zero-order valence-corrected chi connectivity index (χ0v) is 11.8. The van der Waals surface area contributed by atoms with Gasteiger partial charge >= 0.3 is 0 Å². The first-order chi connectivity index (χ1) is 8.99. The van der Waals surface area contributed by atoms with E-state index in [1.54, 1.807) is 14.1 Å². The van der Waals surface area contributed by atoms with E-state index < -0.39 is 0 Å². The number of carbonyl (C=O) groups excluding carboxylic acids is 2. The number of thiocarbonyl (C=S) groups is 1. The SMILES string of the molecule is CN1C(=O)C(=CC2CC3C=CC2C3)C(=O)N(C)C1=S. The van der Waals surface area contributed by atoms with Gasteiger partial charge in [0.25, 0.3) is 11.8 Å². The van der Waals surface area contributed by atoms with E-state index in [0.717, 1.165) is 12.8 Å². The van der Waals surface area contributed by atoms with Crippen molar-refractivity contribution in [3.63, 3.8) is 0 Å². The van der Waals surface area contributed by atoms with Crippen LogP contribution in [0.25, 0.3) is 0 Å². The number of hydrogen-bond donors (Lipinski definition) is 0. The topological polar surface area (TPSA) is 40.6 Å². The summed E-state index contributed by atoms with van der Waals surface area (Å²) in [5.41, 5.74) is 0.268. The molecule has 0 aromatic carbocycles. The highest BCUT2D eigenvalue weighted by Crippen LogP contribution is 2.44. The Morgan fingerprint density at radius 2 is 1.79 bits per heavy atom.